The zero-order chi connectivity index (χ0) is 9.97. The van der Waals surface area contributed by atoms with Gasteiger partial charge in [0.1, 0.15) is 5.69 Å². The second kappa shape index (κ2) is 3.38. The maximum atomic E-state index is 11.0. The van der Waals surface area contributed by atoms with Crippen molar-refractivity contribution in [1.82, 2.24) is 4.98 Å². The second-order valence-corrected chi connectivity index (χ2v) is 3.00. The van der Waals surface area contributed by atoms with Crippen LogP contribution in [-0.2, 0) is 0 Å². The summed E-state index contributed by atoms with van der Waals surface area (Å²) in [6.07, 6.45) is 1.71. The fourth-order valence-corrected chi connectivity index (χ4v) is 1.43. The molecule has 1 amide bonds. The highest BCUT2D eigenvalue weighted by Crippen LogP contribution is 2.21. The van der Waals surface area contributed by atoms with E-state index in [1.807, 2.05) is 36.4 Å². The van der Waals surface area contributed by atoms with Crippen molar-refractivity contribution in [3.63, 3.8) is 0 Å². The monoisotopic (exact) mass is 186 g/mol. The van der Waals surface area contributed by atoms with Crippen molar-refractivity contribution in [2.45, 2.75) is 0 Å². The molecule has 14 heavy (non-hydrogen) atoms. The number of aromatic amines is 1. The number of nitrogens with two attached hydrogens (primary N) is 1. The lowest BCUT2D eigenvalue weighted by Crippen LogP contribution is -2.12. The number of aromatic nitrogens is 1. The number of hydrogen-bond acceptors (Lipinski definition) is 1. The standard InChI is InChI=1S/C11H10N2O/c12-11(14)10-9(6-7-13-10)8-4-2-1-3-5-8/h1-7,13H,(H2,12,14). The molecule has 1 aromatic heterocycles. The summed E-state index contributed by atoms with van der Waals surface area (Å²) < 4.78 is 0. The molecule has 0 unspecified atom stereocenters. The van der Waals surface area contributed by atoms with Gasteiger partial charge in [0.15, 0.2) is 0 Å². The largest absolute Gasteiger partial charge is 0.364 e. The minimum Gasteiger partial charge on any atom is -0.364 e. The van der Waals surface area contributed by atoms with Gasteiger partial charge in [-0.05, 0) is 11.6 Å². The lowest BCUT2D eigenvalue weighted by atomic mass is 10.1. The Kier molecular flexibility index (Phi) is 2.07. The number of carbonyl (C=O) groups excluding carboxylic acids is 1. The summed E-state index contributed by atoms with van der Waals surface area (Å²) in [6.45, 7) is 0. The molecule has 0 aliphatic heterocycles. The van der Waals surface area contributed by atoms with Crippen molar-refractivity contribution in [3.05, 3.63) is 48.3 Å². The first-order valence-corrected chi connectivity index (χ1v) is 4.31. The van der Waals surface area contributed by atoms with Crippen LogP contribution in [0.3, 0.4) is 0 Å². The fourth-order valence-electron chi connectivity index (χ4n) is 1.43. The first-order chi connectivity index (χ1) is 6.79. The highest BCUT2D eigenvalue weighted by Gasteiger charge is 2.09. The molecule has 70 valence electrons. The SMILES string of the molecule is NC(=O)c1[nH]ccc1-c1ccccc1. The van der Waals surface area contributed by atoms with Crippen LogP contribution in [-0.4, -0.2) is 10.9 Å². The van der Waals surface area contributed by atoms with Crippen molar-refractivity contribution in [2.75, 3.05) is 0 Å². The number of hydrogen-bond donors (Lipinski definition) is 2. The van der Waals surface area contributed by atoms with Crippen molar-refractivity contribution >= 4 is 5.91 Å². The van der Waals surface area contributed by atoms with Gasteiger partial charge in [-0.3, -0.25) is 4.79 Å². The van der Waals surface area contributed by atoms with Gasteiger partial charge in [0.05, 0.1) is 0 Å². The fraction of sp³-hybridized carbons (Fsp3) is 0. The van der Waals surface area contributed by atoms with Crippen LogP contribution in [0.4, 0.5) is 0 Å². The molecule has 2 aromatic rings. The van der Waals surface area contributed by atoms with E-state index >= 15 is 0 Å². The van der Waals surface area contributed by atoms with Crippen LogP contribution in [0.5, 0.6) is 0 Å². The molecule has 3 nitrogen and oxygen atoms in total. The van der Waals surface area contributed by atoms with Gasteiger partial charge < -0.3 is 10.7 Å². The second-order valence-electron chi connectivity index (χ2n) is 3.00. The van der Waals surface area contributed by atoms with Crippen LogP contribution in [0.1, 0.15) is 10.5 Å². The minimum atomic E-state index is -0.436. The molecule has 0 radical (unpaired) electrons. The molecule has 0 bridgehead atoms. The van der Waals surface area contributed by atoms with Crippen LogP contribution in [0.2, 0.25) is 0 Å². The Balaban J connectivity index is 2.52. The van der Waals surface area contributed by atoms with Crippen LogP contribution in [0.15, 0.2) is 42.6 Å². The summed E-state index contributed by atoms with van der Waals surface area (Å²) in [5.74, 6) is -0.436. The van der Waals surface area contributed by atoms with Crippen molar-refractivity contribution in [1.29, 1.82) is 0 Å². The van der Waals surface area contributed by atoms with E-state index in [-0.39, 0.29) is 0 Å². The normalized spacial score (nSPS) is 10.0. The van der Waals surface area contributed by atoms with E-state index in [4.69, 9.17) is 5.73 Å². The van der Waals surface area contributed by atoms with Gasteiger partial charge in [0.25, 0.3) is 5.91 Å². The summed E-state index contributed by atoms with van der Waals surface area (Å²) in [6, 6.07) is 11.5. The Bertz CT molecular complexity index is 445. The zero-order valence-electron chi connectivity index (χ0n) is 7.53. The lowest BCUT2D eigenvalue weighted by molar-refractivity contribution is 0.0997. The summed E-state index contributed by atoms with van der Waals surface area (Å²) in [5.41, 5.74) is 7.51. The predicted octanol–water partition coefficient (Wildman–Crippen LogP) is 1.78. The van der Waals surface area contributed by atoms with Gasteiger partial charge in [0, 0.05) is 11.8 Å². The maximum absolute atomic E-state index is 11.0. The average molecular weight is 186 g/mol. The molecular weight excluding hydrogens is 176 g/mol. The van der Waals surface area contributed by atoms with Crippen molar-refractivity contribution < 1.29 is 4.79 Å². The van der Waals surface area contributed by atoms with E-state index in [1.165, 1.54) is 0 Å². The quantitative estimate of drug-likeness (QED) is 0.737. The zero-order valence-corrected chi connectivity index (χ0v) is 7.53. The molecule has 0 saturated heterocycles. The Labute approximate surface area is 81.6 Å². The van der Waals surface area contributed by atoms with Gasteiger partial charge in [0.2, 0.25) is 0 Å². The van der Waals surface area contributed by atoms with Crippen molar-refractivity contribution in [3.8, 4) is 11.1 Å². The lowest BCUT2D eigenvalue weighted by Gasteiger charge is -1.99. The van der Waals surface area contributed by atoms with E-state index in [9.17, 15) is 4.79 Å². The number of nitrogens with one attached hydrogen (secondary N) is 1. The highest BCUT2D eigenvalue weighted by atomic mass is 16.1. The van der Waals surface area contributed by atoms with Crippen molar-refractivity contribution in [2.24, 2.45) is 5.73 Å². The van der Waals surface area contributed by atoms with Gasteiger partial charge in [-0.1, -0.05) is 30.3 Å². The Morgan fingerprint density at radius 1 is 1.14 bits per heavy atom. The Morgan fingerprint density at radius 3 is 2.50 bits per heavy atom. The number of primary amides is 1. The van der Waals surface area contributed by atoms with Crippen LogP contribution in [0, 0.1) is 0 Å². The van der Waals surface area contributed by atoms with E-state index in [1.54, 1.807) is 6.20 Å². The minimum absolute atomic E-state index is 0.436. The average Bonchev–Trinajstić information content (AvgIpc) is 2.67. The van der Waals surface area contributed by atoms with E-state index in [0.717, 1.165) is 11.1 Å². The van der Waals surface area contributed by atoms with Gasteiger partial charge in [-0.15, -0.1) is 0 Å². The topological polar surface area (TPSA) is 58.9 Å². The van der Waals surface area contributed by atoms with E-state index in [0.29, 0.717) is 5.69 Å². The molecule has 0 aliphatic rings. The highest BCUT2D eigenvalue weighted by molar-refractivity contribution is 5.98. The number of amides is 1. The smallest absolute Gasteiger partial charge is 0.265 e. The summed E-state index contributed by atoms with van der Waals surface area (Å²) in [7, 11) is 0. The predicted molar refractivity (Wildman–Crippen MR) is 54.7 cm³/mol. The molecule has 1 aromatic carbocycles. The number of rotatable bonds is 2. The summed E-state index contributed by atoms with van der Waals surface area (Å²) in [4.78, 5) is 13.9. The number of benzene rings is 1. The summed E-state index contributed by atoms with van der Waals surface area (Å²) in [5, 5.41) is 0. The summed E-state index contributed by atoms with van der Waals surface area (Å²) >= 11 is 0. The third-order valence-electron chi connectivity index (χ3n) is 2.08. The molecule has 0 spiro atoms. The third-order valence-corrected chi connectivity index (χ3v) is 2.08. The van der Waals surface area contributed by atoms with Gasteiger partial charge in [-0.25, -0.2) is 0 Å². The van der Waals surface area contributed by atoms with E-state index < -0.39 is 5.91 Å². The Hall–Kier alpha value is -2.03. The molecule has 3 heteroatoms. The third kappa shape index (κ3) is 1.40. The molecule has 0 fully saturated rings. The van der Waals surface area contributed by atoms with Gasteiger partial charge in [-0.2, -0.15) is 0 Å². The molecule has 3 N–H and O–H groups in total. The number of carbonyl (C=O) groups is 1. The molecule has 2 rings (SSSR count). The number of H-pyrrole nitrogens is 1. The van der Waals surface area contributed by atoms with E-state index in [2.05, 4.69) is 4.98 Å². The van der Waals surface area contributed by atoms with Crippen LogP contribution < -0.4 is 5.73 Å². The molecule has 1 heterocycles. The van der Waals surface area contributed by atoms with Crippen LogP contribution >= 0.6 is 0 Å². The molecule has 0 atom stereocenters. The van der Waals surface area contributed by atoms with Gasteiger partial charge >= 0.3 is 0 Å². The Morgan fingerprint density at radius 2 is 1.86 bits per heavy atom. The maximum Gasteiger partial charge on any atom is 0.265 e. The molecular formula is C11H10N2O. The first kappa shape index (κ1) is 8.56. The molecule has 0 aliphatic carbocycles. The molecule has 0 saturated carbocycles. The first-order valence-electron chi connectivity index (χ1n) is 4.31. The van der Waals surface area contributed by atoms with Crippen LogP contribution in [0.25, 0.3) is 11.1 Å².